The van der Waals surface area contributed by atoms with E-state index in [0.717, 1.165) is 0 Å². The molecule has 4 heteroatoms. The van der Waals surface area contributed by atoms with Gasteiger partial charge in [-0.25, -0.2) is 4.39 Å². The van der Waals surface area contributed by atoms with Crippen LogP contribution in [0.5, 0.6) is 0 Å². The molecular formula is C20H25FN2O. The lowest BCUT2D eigenvalue weighted by Gasteiger charge is -2.25. The average molecular weight is 328 g/mol. The summed E-state index contributed by atoms with van der Waals surface area (Å²) in [6.45, 7) is 4.59. The van der Waals surface area contributed by atoms with Gasteiger partial charge >= 0.3 is 0 Å². The van der Waals surface area contributed by atoms with Gasteiger partial charge in [0.05, 0.1) is 6.54 Å². The minimum atomic E-state index is -0.341. The van der Waals surface area contributed by atoms with Gasteiger partial charge in [-0.2, -0.15) is 0 Å². The predicted octanol–water partition coefficient (Wildman–Crippen LogP) is 3.52. The molecule has 2 aromatic rings. The number of hydrogen-bond acceptors (Lipinski definition) is 3. The van der Waals surface area contributed by atoms with E-state index in [1.54, 1.807) is 19.1 Å². The zero-order chi connectivity index (χ0) is 17.7. The van der Waals surface area contributed by atoms with Gasteiger partial charge in [-0.3, -0.25) is 4.79 Å². The highest BCUT2D eigenvalue weighted by Crippen LogP contribution is 2.18. The van der Waals surface area contributed by atoms with Crippen molar-refractivity contribution in [3.63, 3.8) is 0 Å². The van der Waals surface area contributed by atoms with Crippen LogP contribution in [0.15, 0.2) is 42.5 Å². The fraction of sp³-hybridized carbons (Fsp3) is 0.350. The molecule has 24 heavy (non-hydrogen) atoms. The molecule has 0 amide bonds. The summed E-state index contributed by atoms with van der Waals surface area (Å²) >= 11 is 0. The second-order valence-corrected chi connectivity index (χ2v) is 6.41. The Hall–Kier alpha value is -2.04. The molecular weight excluding hydrogens is 303 g/mol. The average Bonchev–Trinajstić information content (AvgIpc) is 2.54. The van der Waals surface area contributed by atoms with Gasteiger partial charge in [0, 0.05) is 18.2 Å². The van der Waals surface area contributed by atoms with Crippen molar-refractivity contribution in [3.05, 3.63) is 70.5 Å². The number of hydrogen-bond donors (Lipinski definition) is 1. The van der Waals surface area contributed by atoms with Crippen LogP contribution in [0.4, 0.5) is 4.39 Å². The topological polar surface area (TPSA) is 32.3 Å². The maximum atomic E-state index is 13.6. The molecule has 3 nitrogen and oxygen atoms in total. The smallest absolute Gasteiger partial charge is 0.176 e. The Morgan fingerprint density at radius 2 is 1.79 bits per heavy atom. The van der Waals surface area contributed by atoms with E-state index in [9.17, 15) is 9.18 Å². The van der Waals surface area contributed by atoms with Crippen LogP contribution in [0.1, 0.15) is 33.1 Å². The SMILES string of the molecule is Cc1ccc(C(CNCC(=O)c2ccc(C)c(F)c2)N(C)C)cc1. The first-order valence-corrected chi connectivity index (χ1v) is 8.11. The van der Waals surface area contributed by atoms with E-state index in [1.807, 2.05) is 14.1 Å². The summed E-state index contributed by atoms with van der Waals surface area (Å²) in [5.74, 6) is -0.443. The van der Waals surface area contributed by atoms with Crippen LogP contribution in [0.2, 0.25) is 0 Å². The zero-order valence-corrected chi connectivity index (χ0v) is 14.8. The molecule has 0 heterocycles. The summed E-state index contributed by atoms with van der Waals surface area (Å²) in [4.78, 5) is 14.3. The van der Waals surface area contributed by atoms with Gasteiger partial charge in [0.1, 0.15) is 5.82 Å². The van der Waals surface area contributed by atoms with Crippen molar-refractivity contribution in [3.8, 4) is 0 Å². The van der Waals surface area contributed by atoms with Crippen molar-refractivity contribution >= 4 is 5.78 Å². The Labute approximate surface area is 143 Å². The van der Waals surface area contributed by atoms with Crippen molar-refractivity contribution in [1.82, 2.24) is 10.2 Å². The van der Waals surface area contributed by atoms with Crippen LogP contribution in [-0.2, 0) is 0 Å². The van der Waals surface area contributed by atoms with Crippen LogP contribution in [-0.4, -0.2) is 37.9 Å². The molecule has 1 N–H and O–H groups in total. The van der Waals surface area contributed by atoms with E-state index in [0.29, 0.717) is 17.7 Å². The quantitative estimate of drug-likeness (QED) is 0.789. The third-order valence-corrected chi connectivity index (χ3v) is 4.20. The number of likely N-dealkylation sites (N-methyl/N-ethyl adjacent to an activating group) is 1. The number of rotatable bonds is 7. The van der Waals surface area contributed by atoms with Crippen molar-refractivity contribution in [2.75, 3.05) is 27.2 Å². The second kappa shape index (κ2) is 8.18. The third kappa shape index (κ3) is 4.73. The monoisotopic (exact) mass is 328 g/mol. The molecule has 0 aliphatic carbocycles. The summed E-state index contributed by atoms with van der Waals surface area (Å²) in [6, 6.07) is 13.2. The standard InChI is InChI=1S/C20H25FN2O/c1-14-5-8-16(9-6-14)19(23(3)4)12-22-13-20(24)17-10-7-15(2)18(21)11-17/h5-11,19,22H,12-13H2,1-4H3. The van der Waals surface area contributed by atoms with Gasteiger partial charge in [-0.05, 0) is 45.1 Å². The van der Waals surface area contributed by atoms with Crippen molar-refractivity contribution in [1.29, 1.82) is 0 Å². The molecule has 0 saturated carbocycles. The van der Waals surface area contributed by atoms with Gasteiger partial charge in [-0.1, -0.05) is 42.0 Å². The Morgan fingerprint density at radius 3 is 2.38 bits per heavy atom. The normalized spacial score (nSPS) is 12.4. The van der Waals surface area contributed by atoms with E-state index < -0.39 is 0 Å². The lowest BCUT2D eigenvalue weighted by molar-refractivity contribution is 0.0988. The van der Waals surface area contributed by atoms with Crippen LogP contribution in [0, 0.1) is 19.7 Å². The zero-order valence-electron chi connectivity index (χ0n) is 14.8. The number of halogens is 1. The molecule has 1 atom stereocenters. The number of aryl methyl sites for hydroxylation is 2. The van der Waals surface area contributed by atoms with Crippen LogP contribution < -0.4 is 5.32 Å². The predicted molar refractivity (Wildman–Crippen MR) is 95.9 cm³/mol. The van der Waals surface area contributed by atoms with Crippen LogP contribution in [0.3, 0.4) is 0 Å². The number of benzene rings is 2. The molecule has 1 unspecified atom stereocenters. The molecule has 2 aromatic carbocycles. The highest BCUT2D eigenvalue weighted by Gasteiger charge is 2.15. The third-order valence-electron chi connectivity index (χ3n) is 4.20. The summed E-state index contributed by atoms with van der Waals surface area (Å²) in [5.41, 5.74) is 3.38. The summed E-state index contributed by atoms with van der Waals surface area (Å²) in [6.07, 6.45) is 0. The van der Waals surface area contributed by atoms with Gasteiger partial charge in [-0.15, -0.1) is 0 Å². The molecule has 0 bridgehead atoms. The largest absolute Gasteiger partial charge is 0.308 e. The summed E-state index contributed by atoms with van der Waals surface area (Å²) in [5, 5.41) is 3.20. The van der Waals surface area contributed by atoms with E-state index in [2.05, 4.69) is 41.4 Å². The number of carbonyl (C=O) groups excluding carboxylic acids is 1. The first-order valence-electron chi connectivity index (χ1n) is 8.11. The van der Waals surface area contributed by atoms with Crippen LogP contribution in [0.25, 0.3) is 0 Å². The molecule has 128 valence electrons. The molecule has 0 aromatic heterocycles. The number of carbonyl (C=O) groups is 1. The lowest BCUT2D eigenvalue weighted by atomic mass is 10.0. The molecule has 0 spiro atoms. The lowest BCUT2D eigenvalue weighted by Crippen LogP contribution is -2.33. The fourth-order valence-corrected chi connectivity index (χ4v) is 2.58. The van der Waals surface area contributed by atoms with E-state index in [1.165, 1.54) is 17.2 Å². The van der Waals surface area contributed by atoms with E-state index >= 15 is 0 Å². The Morgan fingerprint density at radius 1 is 1.12 bits per heavy atom. The van der Waals surface area contributed by atoms with Crippen molar-refractivity contribution < 1.29 is 9.18 Å². The minimum Gasteiger partial charge on any atom is -0.308 e. The highest BCUT2D eigenvalue weighted by atomic mass is 19.1. The fourth-order valence-electron chi connectivity index (χ4n) is 2.58. The van der Waals surface area contributed by atoms with Gasteiger partial charge in [0.2, 0.25) is 0 Å². The maximum Gasteiger partial charge on any atom is 0.176 e. The molecule has 0 radical (unpaired) electrons. The van der Waals surface area contributed by atoms with Crippen molar-refractivity contribution in [2.24, 2.45) is 0 Å². The maximum absolute atomic E-state index is 13.6. The number of nitrogens with zero attached hydrogens (tertiary/aromatic N) is 1. The Bertz CT molecular complexity index is 695. The summed E-state index contributed by atoms with van der Waals surface area (Å²) in [7, 11) is 4.03. The van der Waals surface area contributed by atoms with Gasteiger partial charge in [0.25, 0.3) is 0 Å². The van der Waals surface area contributed by atoms with Crippen molar-refractivity contribution in [2.45, 2.75) is 19.9 Å². The molecule has 0 aliphatic rings. The van der Waals surface area contributed by atoms with E-state index in [-0.39, 0.29) is 24.2 Å². The second-order valence-electron chi connectivity index (χ2n) is 6.41. The minimum absolute atomic E-state index is 0.102. The number of Topliss-reactive ketones (excluding diaryl/α,β-unsaturated/α-hetero) is 1. The Balaban J connectivity index is 1.96. The van der Waals surface area contributed by atoms with Gasteiger partial charge < -0.3 is 10.2 Å². The number of ketones is 1. The first-order chi connectivity index (χ1) is 11.4. The molecule has 0 fully saturated rings. The summed E-state index contributed by atoms with van der Waals surface area (Å²) < 4.78 is 13.6. The first kappa shape index (κ1) is 18.3. The van der Waals surface area contributed by atoms with E-state index in [4.69, 9.17) is 0 Å². The number of nitrogens with one attached hydrogen (secondary N) is 1. The highest BCUT2D eigenvalue weighted by molar-refractivity contribution is 5.97. The van der Waals surface area contributed by atoms with Gasteiger partial charge in [0.15, 0.2) is 5.78 Å². The molecule has 2 rings (SSSR count). The molecule has 0 aliphatic heterocycles. The van der Waals surface area contributed by atoms with Crippen LogP contribution >= 0.6 is 0 Å². The molecule has 0 saturated heterocycles. The Kier molecular flexibility index (Phi) is 6.23.